The third kappa shape index (κ3) is 3.91. The Hall–Kier alpha value is -2.16. The highest BCUT2D eigenvalue weighted by Crippen LogP contribution is 2.33. The van der Waals surface area contributed by atoms with Crippen molar-refractivity contribution in [3.8, 4) is 0 Å². The summed E-state index contributed by atoms with van der Waals surface area (Å²) in [5.41, 5.74) is 4.24. The molecule has 9 heteroatoms. The summed E-state index contributed by atoms with van der Waals surface area (Å²) < 4.78 is 50.7. The minimum Gasteiger partial charge on any atom is -0.375 e. The summed E-state index contributed by atoms with van der Waals surface area (Å²) in [5, 5.41) is 4.12. The van der Waals surface area contributed by atoms with Gasteiger partial charge in [0, 0.05) is 11.1 Å². The summed E-state index contributed by atoms with van der Waals surface area (Å²) in [5.74, 6) is -1.96. The van der Waals surface area contributed by atoms with Gasteiger partial charge in [-0.1, -0.05) is 0 Å². The van der Waals surface area contributed by atoms with Gasteiger partial charge in [-0.15, -0.1) is 11.3 Å². The molecule has 0 unspecified atom stereocenters. The molecule has 21 heavy (non-hydrogen) atoms. The second-order valence-corrected chi connectivity index (χ2v) is 4.98. The van der Waals surface area contributed by atoms with Crippen LogP contribution >= 0.6 is 11.3 Å². The van der Waals surface area contributed by atoms with Crippen molar-refractivity contribution in [2.75, 3.05) is 11.1 Å². The zero-order chi connectivity index (χ0) is 15.6. The summed E-state index contributed by atoms with van der Waals surface area (Å²) in [7, 11) is 0. The van der Waals surface area contributed by atoms with Gasteiger partial charge in [0.2, 0.25) is 5.91 Å². The molecule has 1 amide bonds. The monoisotopic (exact) mass is 319 g/mol. The number of anilines is 2. The molecule has 0 aliphatic carbocycles. The molecule has 0 radical (unpaired) electrons. The Morgan fingerprint density at radius 3 is 2.67 bits per heavy atom. The quantitative estimate of drug-likeness (QED) is 0.854. The summed E-state index contributed by atoms with van der Waals surface area (Å²) >= 11 is 1.15. The highest BCUT2D eigenvalue weighted by atomic mass is 32.1. The Morgan fingerprint density at radius 2 is 2.10 bits per heavy atom. The predicted molar refractivity (Wildman–Crippen MR) is 70.3 cm³/mol. The number of hydrogen-bond donors (Lipinski definition) is 2. The molecule has 0 spiro atoms. The third-order valence-corrected chi connectivity index (χ3v) is 3.19. The molecule has 0 saturated carbocycles. The van der Waals surface area contributed by atoms with E-state index in [9.17, 15) is 22.4 Å². The second-order valence-electron chi connectivity index (χ2n) is 4.09. The van der Waals surface area contributed by atoms with Gasteiger partial charge in [-0.2, -0.15) is 13.2 Å². The van der Waals surface area contributed by atoms with Crippen LogP contribution < -0.4 is 11.1 Å². The van der Waals surface area contributed by atoms with Gasteiger partial charge in [0.1, 0.15) is 5.82 Å². The van der Waals surface area contributed by atoms with Crippen LogP contribution in [0.5, 0.6) is 0 Å². The van der Waals surface area contributed by atoms with E-state index >= 15 is 0 Å². The molecule has 112 valence electrons. The van der Waals surface area contributed by atoms with Crippen LogP contribution in [-0.2, 0) is 17.4 Å². The van der Waals surface area contributed by atoms with Crippen LogP contribution in [0.4, 0.5) is 28.4 Å². The molecule has 2 rings (SSSR count). The molecule has 1 heterocycles. The Kier molecular flexibility index (Phi) is 4.12. The fourth-order valence-corrected chi connectivity index (χ4v) is 2.16. The van der Waals surface area contributed by atoms with E-state index in [2.05, 4.69) is 10.3 Å². The van der Waals surface area contributed by atoms with Crippen molar-refractivity contribution in [3.05, 3.63) is 40.7 Å². The van der Waals surface area contributed by atoms with E-state index < -0.39 is 23.5 Å². The lowest BCUT2D eigenvalue weighted by Crippen LogP contribution is -2.16. The van der Waals surface area contributed by atoms with E-state index in [4.69, 9.17) is 5.73 Å². The van der Waals surface area contributed by atoms with Gasteiger partial charge in [0.05, 0.1) is 17.7 Å². The average Bonchev–Trinajstić information content (AvgIpc) is 2.75. The fourth-order valence-electron chi connectivity index (χ4n) is 1.59. The third-order valence-electron chi connectivity index (χ3n) is 2.47. The Morgan fingerprint density at radius 1 is 1.38 bits per heavy atom. The number of hydrogen-bond acceptors (Lipinski definition) is 4. The summed E-state index contributed by atoms with van der Waals surface area (Å²) in [6.45, 7) is 0. The van der Waals surface area contributed by atoms with Gasteiger partial charge in [0.15, 0.2) is 5.13 Å². The standard InChI is InChI=1S/C12H9F4N3OS/c13-9-2-1-6(3-8(9)12(14,15)16)18-10(20)4-7-5-21-11(17)19-7/h1-3,5H,4H2,(H2,17,19)(H,18,20). The molecule has 0 aliphatic rings. The number of carbonyl (C=O) groups is 1. The predicted octanol–water partition coefficient (Wildman–Crippen LogP) is 3.06. The Bertz CT molecular complexity index is 669. The van der Waals surface area contributed by atoms with Gasteiger partial charge in [-0.25, -0.2) is 9.37 Å². The topological polar surface area (TPSA) is 68.0 Å². The first kappa shape index (κ1) is 15.2. The number of aromatic nitrogens is 1. The number of alkyl halides is 3. The van der Waals surface area contributed by atoms with E-state index in [1.165, 1.54) is 0 Å². The SMILES string of the molecule is Nc1nc(CC(=O)Nc2ccc(F)c(C(F)(F)F)c2)cs1. The number of rotatable bonds is 3. The number of nitrogens with two attached hydrogens (primary N) is 1. The smallest absolute Gasteiger partial charge is 0.375 e. The van der Waals surface area contributed by atoms with Gasteiger partial charge < -0.3 is 11.1 Å². The van der Waals surface area contributed by atoms with Crippen molar-refractivity contribution in [1.82, 2.24) is 4.98 Å². The van der Waals surface area contributed by atoms with Crippen LogP contribution in [0.1, 0.15) is 11.3 Å². The Labute approximate surface area is 120 Å². The van der Waals surface area contributed by atoms with Crippen molar-refractivity contribution in [2.24, 2.45) is 0 Å². The molecule has 0 atom stereocenters. The first-order chi connectivity index (χ1) is 9.75. The molecule has 0 saturated heterocycles. The average molecular weight is 319 g/mol. The number of nitrogens with zero attached hydrogens (tertiary/aromatic N) is 1. The maximum absolute atomic E-state index is 13.1. The first-order valence-electron chi connectivity index (χ1n) is 5.62. The minimum atomic E-state index is -4.83. The van der Waals surface area contributed by atoms with Crippen molar-refractivity contribution in [1.29, 1.82) is 0 Å². The van der Waals surface area contributed by atoms with Crippen LogP contribution in [0.25, 0.3) is 0 Å². The molecule has 1 aromatic heterocycles. The largest absolute Gasteiger partial charge is 0.419 e. The van der Waals surface area contributed by atoms with Gasteiger partial charge in [0.25, 0.3) is 0 Å². The van der Waals surface area contributed by atoms with Crippen LogP contribution in [0, 0.1) is 5.82 Å². The van der Waals surface area contributed by atoms with E-state index in [1.54, 1.807) is 5.38 Å². The lowest BCUT2D eigenvalue weighted by Gasteiger charge is -2.10. The Balaban J connectivity index is 2.11. The molecule has 0 fully saturated rings. The van der Waals surface area contributed by atoms with Crippen LogP contribution in [0.2, 0.25) is 0 Å². The maximum Gasteiger partial charge on any atom is 0.419 e. The van der Waals surface area contributed by atoms with Gasteiger partial charge in [-0.3, -0.25) is 4.79 Å². The first-order valence-corrected chi connectivity index (χ1v) is 6.50. The number of thiazole rings is 1. The number of benzene rings is 1. The molecular weight excluding hydrogens is 310 g/mol. The minimum absolute atomic E-state index is 0.133. The molecule has 3 N–H and O–H groups in total. The molecule has 2 aromatic rings. The number of carbonyl (C=O) groups excluding carboxylic acids is 1. The summed E-state index contributed by atoms with van der Waals surface area (Å²) in [6, 6.07) is 2.25. The lowest BCUT2D eigenvalue weighted by atomic mass is 10.1. The summed E-state index contributed by atoms with van der Waals surface area (Å²) in [6.07, 6.45) is -4.96. The zero-order valence-corrected chi connectivity index (χ0v) is 11.2. The van der Waals surface area contributed by atoms with E-state index in [0.717, 1.165) is 17.4 Å². The molecule has 1 aromatic carbocycles. The molecular formula is C12H9F4N3OS. The molecule has 0 bridgehead atoms. The highest BCUT2D eigenvalue weighted by Gasteiger charge is 2.34. The summed E-state index contributed by atoms with van der Waals surface area (Å²) in [4.78, 5) is 15.5. The number of nitrogens with one attached hydrogen (secondary N) is 1. The number of halogens is 4. The van der Waals surface area contributed by atoms with E-state index in [1.807, 2.05) is 0 Å². The number of nitrogen functional groups attached to an aromatic ring is 1. The van der Waals surface area contributed by atoms with Gasteiger partial charge in [-0.05, 0) is 18.2 Å². The van der Waals surface area contributed by atoms with Gasteiger partial charge >= 0.3 is 6.18 Å². The van der Waals surface area contributed by atoms with E-state index in [0.29, 0.717) is 23.0 Å². The zero-order valence-electron chi connectivity index (χ0n) is 10.4. The van der Waals surface area contributed by atoms with Crippen molar-refractivity contribution in [3.63, 3.8) is 0 Å². The fraction of sp³-hybridized carbons (Fsp3) is 0.167. The normalized spacial score (nSPS) is 11.4. The van der Waals surface area contributed by atoms with Crippen LogP contribution in [-0.4, -0.2) is 10.9 Å². The van der Waals surface area contributed by atoms with Crippen LogP contribution in [0.15, 0.2) is 23.6 Å². The van der Waals surface area contributed by atoms with E-state index in [-0.39, 0.29) is 12.1 Å². The highest BCUT2D eigenvalue weighted by molar-refractivity contribution is 7.13. The van der Waals surface area contributed by atoms with Crippen molar-refractivity contribution >= 4 is 28.1 Å². The molecule has 4 nitrogen and oxygen atoms in total. The van der Waals surface area contributed by atoms with Crippen LogP contribution in [0.3, 0.4) is 0 Å². The van der Waals surface area contributed by atoms with Crippen molar-refractivity contribution < 1.29 is 22.4 Å². The second kappa shape index (κ2) is 5.68. The maximum atomic E-state index is 13.1. The van der Waals surface area contributed by atoms with Crippen molar-refractivity contribution in [2.45, 2.75) is 12.6 Å². The number of amides is 1. The lowest BCUT2D eigenvalue weighted by molar-refractivity contribution is -0.140. The molecule has 0 aliphatic heterocycles.